The van der Waals surface area contributed by atoms with E-state index in [4.69, 9.17) is 11.6 Å². The molecule has 4 N–H and O–H groups in total. The Morgan fingerprint density at radius 2 is 1.25 bits per heavy atom. The van der Waals surface area contributed by atoms with Gasteiger partial charge in [0, 0.05) is 53.6 Å². The lowest BCUT2D eigenvalue weighted by Crippen LogP contribution is -2.57. The van der Waals surface area contributed by atoms with Crippen LogP contribution in [0.4, 0.5) is 72.8 Å². The Morgan fingerprint density at radius 1 is 0.679 bits per heavy atom. The summed E-state index contributed by atoms with van der Waals surface area (Å²) < 4.78 is 198. The van der Waals surface area contributed by atoms with Gasteiger partial charge >= 0.3 is 12.4 Å². The molecular formula is C57H49ClF14N6O6. The SMILES string of the molecule is CC(C)N1C(=O)C(NC(=O)[C@@H](Cc2ccccc2F)NC(=O)c2ccc(F)cc2C(F)(F)F)CC(F)(F)c2cc(Cl)ccc21.O=C(N[C@@H]1CCc2c(F)c(F)cc(F)c2N(C2CC2)C1=O)[C@@H](Cc1ccccc1F)NC(=O)C1(C(F)(F)F)CC1. The third-order valence-electron chi connectivity index (χ3n) is 14.6. The Hall–Kier alpha value is -7.77. The number of rotatable bonds is 14. The number of carbonyl (C=O) groups is 6. The van der Waals surface area contributed by atoms with E-state index in [0.29, 0.717) is 31.0 Å². The minimum Gasteiger partial charge on any atom is -0.343 e. The van der Waals surface area contributed by atoms with Gasteiger partial charge in [0.25, 0.3) is 11.8 Å². The summed E-state index contributed by atoms with van der Waals surface area (Å²) in [5.74, 6) is -17.5. The number of hydrogen-bond donors (Lipinski definition) is 4. The Labute approximate surface area is 474 Å². The van der Waals surface area contributed by atoms with Gasteiger partial charge in [-0.1, -0.05) is 48.0 Å². The van der Waals surface area contributed by atoms with Crippen molar-refractivity contribution in [2.45, 2.75) is 126 Å². The zero-order valence-electron chi connectivity index (χ0n) is 44.0. The second kappa shape index (κ2) is 24.1. The van der Waals surface area contributed by atoms with Crippen molar-refractivity contribution >= 4 is 58.4 Å². The summed E-state index contributed by atoms with van der Waals surface area (Å²) >= 11 is 5.95. The largest absolute Gasteiger partial charge is 0.417 e. The first kappa shape index (κ1) is 62.3. The molecule has 4 atom stereocenters. The fourth-order valence-electron chi connectivity index (χ4n) is 10.0. The summed E-state index contributed by atoms with van der Waals surface area (Å²) in [4.78, 5) is 81.7. The van der Waals surface area contributed by atoms with Crippen LogP contribution in [-0.2, 0) is 55.3 Å². The van der Waals surface area contributed by atoms with Gasteiger partial charge in [0.15, 0.2) is 11.6 Å². The number of halogens is 15. The van der Waals surface area contributed by atoms with E-state index in [-0.39, 0.29) is 46.3 Å². The Bertz CT molecular complexity index is 3410. The van der Waals surface area contributed by atoms with Crippen molar-refractivity contribution in [3.05, 3.63) is 164 Å². The highest BCUT2D eigenvalue weighted by molar-refractivity contribution is 6.30. The number of fused-ring (bicyclic) bond motifs is 2. The minimum atomic E-state index is -5.16. The van der Waals surface area contributed by atoms with Crippen LogP contribution in [0.15, 0.2) is 91.0 Å². The van der Waals surface area contributed by atoms with Gasteiger partial charge < -0.3 is 31.1 Å². The number of nitrogens with zero attached hydrogens (tertiary/aromatic N) is 2. The molecule has 4 aliphatic rings. The van der Waals surface area contributed by atoms with E-state index in [1.165, 1.54) is 48.5 Å². The molecule has 448 valence electrons. The van der Waals surface area contributed by atoms with E-state index in [1.807, 2.05) is 0 Å². The predicted molar refractivity (Wildman–Crippen MR) is 274 cm³/mol. The molecule has 12 nitrogen and oxygen atoms in total. The lowest BCUT2D eigenvalue weighted by Gasteiger charge is -2.30. The highest BCUT2D eigenvalue weighted by atomic mass is 35.5. The second-order valence-corrected chi connectivity index (χ2v) is 21.3. The molecule has 5 aromatic carbocycles. The van der Waals surface area contributed by atoms with Crippen molar-refractivity contribution < 1.29 is 90.2 Å². The van der Waals surface area contributed by atoms with Crippen LogP contribution < -0.4 is 31.1 Å². The van der Waals surface area contributed by atoms with E-state index in [9.17, 15) is 81.5 Å². The van der Waals surface area contributed by atoms with Crippen LogP contribution in [0, 0.1) is 40.3 Å². The van der Waals surface area contributed by atoms with Gasteiger partial charge in [-0.05, 0) is 112 Å². The molecule has 2 aliphatic carbocycles. The van der Waals surface area contributed by atoms with Gasteiger partial charge in [-0.15, -0.1) is 0 Å². The summed E-state index contributed by atoms with van der Waals surface area (Å²) in [7, 11) is 0. The predicted octanol–water partition coefficient (Wildman–Crippen LogP) is 10.6. The van der Waals surface area contributed by atoms with Crippen LogP contribution in [0.5, 0.6) is 0 Å². The normalized spacial score (nSPS) is 18.9. The van der Waals surface area contributed by atoms with Crippen molar-refractivity contribution in [3.8, 4) is 0 Å². The average molecular weight is 1220 g/mol. The fourth-order valence-corrected chi connectivity index (χ4v) is 10.2. The van der Waals surface area contributed by atoms with Gasteiger partial charge in [0.1, 0.15) is 52.9 Å². The molecule has 2 saturated carbocycles. The molecule has 9 rings (SSSR count). The maximum atomic E-state index is 15.5. The molecule has 84 heavy (non-hydrogen) atoms. The number of hydrogen-bond acceptors (Lipinski definition) is 6. The maximum absolute atomic E-state index is 15.5. The smallest absolute Gasteiger partial charge is 0.343 e. The lowest BCUT2D eigenvalue weighted by molar-refractivity contribution is -0.192. The van der Waals surface area contributed by atoms with Crippen LogP contribution in [0.3, 0.4) is 0 Å². The molecule has 1 unspecified atom stereocenters. The molecule has 2 aliphatic heterocycles. The molecule has 27 heteroatoms. The van der Waals surface area contributed by atoms with E-state index in [2.05, 4.69) is 21.3 Å². The zero-order chi connectivity index (χ0) is 61.5. The molecule has 6 amide bonds. The molecule has 2 fully saturated rings. The van der Waals surface area contributed by atoms with E-state index >= 15 is 8.78 Å². The molecule has 0 bridgehead atoms. The summed E-state index contributed by atoms with van der Waals surface area (Å²) in [5.41, 5.74) is -7.04. The first-order valence-electron chi connectivity index (χ1n) is 26.0. The number of benzene rings is 5. The highest BCUT2D eigenvalue weighted by Gasteiger charge is 2.68. The highest BCUT2D eigenvalue weighted by Crippen LogP contribution is 2.58. The van der Waals surface area contributed by atoms with Crippen LogP contribution in [-0.4, -0.2) is 77.9 Å². The van der Waals surface area contributed by atoms with Crippen molar-refractivity contribution in [1.82, 2.24) is 21.3 Å². The molecule has 0 radical (unpaired) electrons. The van der Waals surface area contributed by atoms with Gasteiger partial charge in [-0.2, -0.15) is 26.3 Å². The average Bonchev–Trinajstić information content (AvgIpc) is 2.49. The van der Waals surface area contributed by atoms with E-state index < -0.39 is 185 Å². The summed E-state index contributed by atoms with van der Waals surface area (Å²) in [6.45, 7) is 3.11. The van der Waals surface area contributed by atoms with E-state index in [0.717, 1.165) is 28.0 Å². The third-order valence-corrected chi connectivity index (χ3v) is 14.9. The first-order valence-corrected chi connectivity index (χ1v) is 26.3. The Balaban J connectivity index is 0.000000220. The maximum Gasteiger partial charge on any atom is 0.417 e. The Kier molecular flexibility index (Phi) is 17.8. The molecule has 5 aromatic rings. The van der Waals surface area contributed by atoms with Gasteiger partial charge in [0.2, 0.25) is 29.5 Å². The Morgan fingerprint density at radius 3 is 1.79 bits per heavy atom. The number of nitrogens with one attached hydrogen (secondary N) is 4. The van der Waals surface area contributed by atoms with Crippen LogP contribution in [0.25, 0.3) is 0 Å². The first-order chi connectivity index (χ1) is 39.3. The van der Waals surface area contributed by atoms with Gasteiger partial charge in [0.05, 0.1) is 22.5 Å². The fraction of sp³-hybridized carbons (Fsp3) is 0.368. The third kappa shape index (κ3) is 13.3. The van der Waals surface area contributed by atoms with Gasteiger partial charge in [-0.3, -0.25) is 28.8 Å². The summed E-state index contributed by atoms with van der Waals surface area (Å²) in [6.07, 6.45) is -13.1. The molecule has 0 aromatic heterocycles. The monoisotopic (exact) mass is 1210 g/mol. The van der Waals surface area contributed by atoms with Gasteiger partial charge in [-0.25, -0.2) is 35.1 Å². The minimum absolute atomic E-state index is 0.0197. The number of anilines is 2. The van der Waals surface area contributed by atoms with Crippen LogP contribution >= 0.6 is 11.6 Å². The lowest BCUT2D eigenvalue weighted by atomic mass is 9.99. The van der Waals surface area contributed by atoms with Crippen molar-refractivity contribution in [3.63, 3.8) is 0 Å². The molecule has 0 spiro atoms. The van der Waals surface area contributed by atoms with Crippen molar-refractivity contribution in [2.75, 3.05) is 9.80 Å². The standard InChI is InChI=1S/C30H25ClF7N3O3.C27H24F7N3O3/c1-15(2)41-25-10-7-17(31)12-21(25)29(34,35)14-24(28(41)44)40-27(43)23(11-16-5-3-4-6-22(16)33)39-26(42)19-9-8-18(32)13-20(19)30(36,37)38;28-16-4-2-1-3-13(16)11-20(36-25(40)26(9-10-26)27(32,33)34)23(38)35-19-8-7-15-21(31)17(29)12-18(30)22(15)37(24(19)39)14-5-6-14/h3-10,12-13,15,23-24H,11,14H2,1-2H3,(H,39,42)(H,40,43);1-4,12,14,19-20H,5-11H2,(H,35,38)(H,36,40)/t23-,24?;19-,20-/m11/s1. The summed E-state index contributed by atoms with van der Waals surface area (Å²) in [6, 6.07) is 7.34. The van der Waals surface area contributed by atoms with Crippen molar-refractivity contribution in [1.29, 1.82) is 0 Å². The quantitative estimate of drug-likeness (QED) is 0.0641. The van der Waals surface area contributed by atoms with Crippen LogP contribution in [0.1, 0.15) is 90.5 Å². The topological polar surface area (TPSA) is 157 Å². The van der Waals surface area contributed by atoms with Crippen molar-refractivity contribution in [2.24, 2.45) is 5.41 Å². The zero-order valence-corrected chi connectivity index (χ0v) is 44.8. The van der Waals surface area contributed by atoms with E-state index in [1.54, 1.807) is 13.8 Å². The summed E-state index contributed by atoms with van der Waals surface area (Å²) in [5, 5.41) is 8.69. The number of carbonyl (C=O) groups excluding carboxylic acids is 6. The second-order valence-electron chi connectivity index (χ2n) is 20.9. The number of alkyl halides is 8. The number of amides is 6. The molecular weight excluding hydrogens is 1170 g/mol. The molecule has 2 heterocycles. The van der Waals surface area contributed by atoms with Crippen LogP contribution in [0.2, 0.25) is 5.02 Å². The molecule has 0 saturated heterocycles.